The van der Waals surface area contributed by atoms with E-state index in [1.807, 2.05) is 30.3 Å². The maximum atomic E-state index is 12.3. The summed E-state index contributed by atoms with van der Waals surface area (Å²) in [5.74, 6) is -1.08. The summed E-state index contributed by atoms with van der Waals surface area (Å²) in [6, 6.07) is 9.67. The number of ether oxygens (including phenoxy) is 1. The van der Waals surface area contributed by atoms with E-state index >= 15 is 0 Å². The highest BCUT2D eigenvalue weighted by atomic mass is 16.5. The number of nitrogens with two attached hydrogens (primary N) is 2. The topological polar surface area (TPSA) is 119 Å². The van der Waals surface area contributed by atoms with E-state index in [-0.39, 0.29) is 24.4 Å². The lowest BCUT2D eigenvalue weighted by Gasteiger charge is -2.34. The second-order valence-corrected chi connectivity index (χ2v) is 6.33. The van der Waals surface area contributed by atoms with Crippen LogP contribution in [-0.4, -0.2) is 66.7 Å². The molecule has 8 nitrogen and oxygen atoms in total. The van der Waals surface area contributed by atoms with E-state index in [4.69, 9.17) is 16.2 Å². The van der Waals surface area contributed by atoms with Crippen LogP contribution < -0.4 is 16.2 Å². The average Bonchev–Trinajstić information content (AvgIpc) is 2.67. The van der Waals surface area contributed by atoms with Crippen molar-refractivity contribution in [3.63, 3.8) is 0 Å². The molecule has 1 aromatic carbocycles. The van der Waals surface area contributed by atoms with E-state index in [1.54, 1.807) is 4.90 Å². The molecule has 0 saturated carbocycles. The minimum atomic E-state index is -1.06. The first-order valence-electron chi connectivity index (χ1n) is 8.93. The fraction of sp³-hybridized carbons (Fsp3) is 0.421. The van der Waals surface area contributed by atoms with E-state index in [0.717, 1.165) is 31.5 Å². The zero-order valence-corrected chi connectivity index (χ0v) is 15.3. The monoisotopic (exact) mass is 374 g/mol. The second kappa shape index (κ2) is 10.3. The molecule has 27 heavy (non-hydrogen) atoms. The van der Waals surface area contributed by atoms with Crippen LogP contribution in [0.5, 0.6) is 5.75 Å². The summed E-state index contributed by atoms with van der Waals surface area (Å²) < 4.78 is 5.69. The highest BCUT2D eigenvalue weighted by Crippen LogP contribution is 2.10. The number of nitrogens with zero attached hydrogens (tertiary/aromatic N) is 2. The van der Waals surface area contributed by atoms with E-state index in [9.17, 15) is 14.4 Å². The maximum Gasteiger partial charge on any atom is 0.289 e. The zero-order chi connectivity index (χ0) is 19.6. The van der Waals surface area contributed by atoms with Crippen molar-refractivity contribution in [2.45, 2.75) is 12.8 Å². The smallest absolute Gasteiger partial charge is 0.289 e. The first-order valence-corrected chi connectivity index (χ1v) is 8.93. The van der Waals surface area contributed by atoms with Crippen molar-refractivity contribution in [1.82, 2.24) is 9.80 Å². The molecule has 1 saturated heterocycles. The Morgan fingerprint density at radius 3 is 2.30 bits per heavy atom. The van der Waals surface area contributed by atoms with Gasteiger partial charge in [0.05, 0.1) is 0 Å². The van der Waals surface area contributed by atoms with E-state index in [1.165, 1.54) is 0 Å². The van der Waals surface area contributed by atoms with Gasteiger partial charge in [0.15, 0.2) is 0 Å². The van der Waals surface area contributed by atoms with Crippen molar-refractivity contribution in [3.05, 3.63) is 42.1 Å². The fourth-order valence-corrected chi connectivity index (χ4v) is 2.75. The van der Waals surface area contributed by atoms with Crippen LogP contribution in [0.4, 0.5) is 0 Å². The van der Waals surface area contributed by atoms with Gasteiger partial charge in [0.2, 0.25) is 11.7 Å². The number of piperazine rings is 1. The lowest BCUT2D eigenvalue weighted by atomic mass is 10.2. The summed E-state index contributed by atoms with van der Waals surface area (Å²) in [6.45, 7) is 4.28. The fourth-order valence-electron chi connectivity index (χ4n) is 2.75. The lowest BCUT2D eigenvalue weighted by Crippen LogP contribution is -2.49. The number of primary amides is 1. The molecule has 1 heterocycles. The third-order valence-electron chi connectivity index (χ3n) is 4.33. The zero-order valence-electron chi connectivity index (χ0n) is 15.3. The Morgan fingerprint density at radius 1 is 1.00 bits per heavy atom. The molecule has 4 N–H and O–H groups in total. The van der Waals surface area contributed by atoms with Crippen molar-refractivity contribution >= 4 is 17.6 Å². The van der Waals surface area contributed by atoms with Crippen LogP contribution in [0.3, 0.4) is 0 Å². The van der Waals surface area contributed by atoms with Gasteiger partial charge >= 0.3 is 0 Å². The normalized spacial score (nSPS) is 15.4. The number of amides is 2. The van der Waals surface area contributed by atoms with Crippen LogP contribution in [0.1, 0.15) is 12.8 Å². The number of carbonyl (C=O) groups excluding carboxylic acids is 3. The molecule has 0 bridgehead atoms. The number of carbonyl (C=O) groups is 3. The van der Waals surface area contributed by atoms with Gasteiger partial charge in [-0.15, -0.1) is 0 Å². The number of benzene rings is 1. The van der Waals surface area contributed by atoms with Gasteiger partial charge < -0.3 is 21.1 Å². The SMILES string of the molecule is NC(=O)C(=O)/C=C(\N)CCC(=O)N1CCN(CCOc2ccccc2)CC1. The number of allylic oxidation sites excluding steroid dienone is 1. The number of hydrogen-bond donors (Lipinski definition) is 2. The molecule has 1 fully saturated rings. The van der Waals surface area contributed by atoms with Gasteiger partial charge in [-0.3, -0.25) is 19.3 Å². The van der Waals surface area contributed by atoms with Gasteiger partial charge in [-0.2, -0.15) is 0 Å². The first kappa shape index (κ1) is 20.4. The molecule has 2 amide bonds. The van der Waals surface area contributed by atoms with Crippen molar-refractivity contribution in [3.8, 4) is 5.75 Å². The van der Waals surface area contributed by atoms with Crippen LogP contribution in [0.2, 0.25) is 0 Å². The minimum Gasteiger partial charge on any atom is -0.492 e. The summed E-state index contributed by atoms with van der Waals surface area (Å²) in [5.41, 5.74) is 10.7. The largest absolute Gasteiger partial charge is 0.492 e. The van der Waals surface area contributed by atoms with Crippen molar-refractivity contribution < 1.29 is 19.1 Å². The third kappa shape index (κ3) is 7.10. The second-order valence-electron chi connectivity index (χ2n) is 6.33. The highest BCUT2D eigenvalue weighted by Gasteiger charge is 2.20. The Morgan fingerprint density at radius 2 is 1.67 bits per heavy atom. The number of ketones is 1. The summed E-state index contributed by atoms with van der Waals surface area (Å²) in [4.78, 5) is 38.2. The van der Waals surface area contributed by atoms with Gasteiger partial charge in [0.25, 0.3) is 5.91 Å². The van der Waals surface area contributed by atoms with E-state index in [2.05, 4.69) is 4.90 Å². The molecule has 8 heteroatoms. The van der Waals surface area contributed by atoms with Crippen LogP contribution in [0, 0.1) is 0 Å². The predicted octanol–water partition coefficient (Wildman–Crippen LogP) is -0.113. The summed E-state index contributed by atoms with van der Waals surface area (Å²) >= 11 is 0. The summed E-state index contributed by atoms with van der Waals surface area (Å²) in [7, 11) is 0. The van der Waals surface area contributed by atoms with Crippen LogP contribution in [0.15, 0.2) is 42.1 Å². The standard InChI is InChI=1S/C19H26N4O4/c20-15(14-17(24)19(21)26)6-7-18(25)23-10-8-22(9-11-23)12-13-27-16-4-2-1-3-5-16/h1-5,14H,6-13,20H2,(H2,21,26)/b15-14-. The third-order valence-corrected chi connectivity index (χ3v) is 4.33. The predicted molar refractivity (Wildman–Crippen MR) is 101 cm³/mol. The maximum absolute atomic E-state index is 12.3. The summed E-state index contributed by atoms with van der Waals surface area (Å²) in [6.07, 6.45) is 1.41. The highest BCUT2D eigenvalue weighted by molar-refractivity contribution is 6.40. The van der Waals surface area contributed by atoms with Gasteiger partial charge in [-0.1, -0.05) is 18.2 Å². The molecule has 2 rings (SSSR count). The molecule has 1 aliphatic heterocycles. The molecule has 1 aliphatic rings. The molecule has 0 radical (unpaired) electrons. The molecule has 146 valence electrons. The Labute approximate surface area is 158 Å². The van der Waals surface area contributed by atoms with Crippen LogP contribution in [0.25, 0.3) is 0 Å². The minimum absolute atomic E-state index is 0.0157. The van der Waals surface area contributed by atoms with Gasteiger partial charge in [0.1, 0.15) is 12.4 Å². The Balaban J connectivity index is 1.65. The Kier molecular flexibility index (Phi) is 7.81. The molecule has 0 unspecified atom stereocenters. The number of para-hydroxylation sites is 1. The number of hydrogen-bond acceptors (Lipinski definition) is 6. The van der Waals surface area contributed by atoms with Gasteiger partial charge in [0, 0.05) is 50.9 Å². The molecule has 1 aromatic rings. The molecular formula is C19H26N4O4. The van der Waals surface area contributed by atoms with E-state index in [0.29, 0.717) is 19.7 Å². The quantitative estimate of drug-likeness (QED) is 0.460. The van der Waals surface area contributed by atoms with Gasteiger partial charge in [-0.25, -0.2) is 0 Å². The van der Waals surface area contributed by atoms with Crippen molar-refractivity contribution in [2.24, 2.45) is 11.5 Å². The van der Waals surface area contributed by atoms with Crippen LogP contribution in [-0.2, 0) is 14.4 Å². The van der Waals surface area contributed by atoms with Crippen molar-refractivity contribution in [2.75, 3.05) is 39.3 Å². The summed E-state index contributed by atoms with van der Waals surface area (Å²) in [5, 5.41) is 0. The Bertz CT molecular complexity index is 682. The number of rotatable bonds is 9. The molecular weight excluding hydrogens is 348 g/mol. The molecule has 0 aromatic heterocycles. The average molecular weight is 374 g/mol. The Hall–Kier alpha value is -2.87. The van der Waals surface area contributed by atoms with Crippen LogP contribution >= 0.6 is 0 Å². The molecule has 0 aliphatic carbocycles. The van der Waals surface area contributed by atoms with Crippen molar-refractivity contribution in [1.29, 1.82) is 0 Å². The molecule has 0 spiro atoms. The lowest BCUT2D eigenvalue weighted by molar-refractivity contribution is -0.133. The molecule has 0 atom stereocenters. The first-order chi connectivity index (χ1) is 13.0. The van der Waals surface area contributed by atoms with E-state index < -0.39 is 11.7 Å². The van der Waals surface area contributed by atoms with Gasteiger partial charge in [-0.05, 0) is 18.6 Å².